The lowest BCUT2D eigenvalue weighted by atomic mass is 10.0. The van der Waals surface area contributed by atoms with Crippen LogP contribution in [0.5, 0.6) is 0 Å². The summed E-state index contributed by atoms with van der Waals surface area (Å²) < 4.78 is 34.8. The molecule has 0 aliphatic rings. The molecule has 0 aromatic heterocycles. The highest BCUT2D eigenvalue weighted by molar-refractivity contribution is 7.47. The van der Waals surface area contributed by atoms with Crippen LogP contribution < -0.4 is 0 Å². The van der Waals surface area contributed by atoms with Gasteiger partial charge in [0, 0.05) is 12.8 Å². The van der Waals surface area contributed by atoms with Gasteiger partial charge in [-0.2, -0.15) is 0 Å². The predicted octanol–water partition coefficient (Wildman–Crippen LogP) is 28.2. The number of nitrogens with zero attached hydrogens (tertiary/aromatic N) is 1. The molecule has 1 N–H and O–H groups in total. The van der Waals surface area contributed by atoms with Gasteiger partial charge in [-0.15, -0.1) is 0 Å². The predicted molar refractivity (Wildman–Crippen MR) is 427 cm³/mol. The smallest absolute Gasteiger partial charge is 0.462 e. The highest BCUT2D eigenvalue weighted by Crippen LogP contribution is 2.43. The van der Waals surface area contributed by atoms with E-state index in [-0.39, 0.29) is 32.0 Å². The van der Waals surface area contributed by atoms with Crippen LogP contribution in [0.25, 0.3) is 0 Å². The lowest BCUT2D eigenvalue weighted by molar-refractivity contribution is -0.870. The van der Waals surface area contributed by atoms with Crippen molar-refractivity contribution in [3.8, 4) is 0 Å². The Bertz CT molecular complexity index is 1980. The van der Waals surface area contributed by atoms with Crippen molar-refractivity contribution in [1.29, 1.82) is 0 Å². The van der Waals surface area contributed by atoms with Gasteiger partial charge in [0.05, 0.1) is 27.7 Å². The van der Waals surface area contributed by atoms with Crippen molar-refractivity contribution >= 4 is 19.8 Å². The number of likely N-dealkylation sites (N-methyl/N-ethyl adjacent to an activating group) is 1. The fourth-order valence-corrected chi connectivity index (χ4v) is 13.0. The Morgan fingerprint density at radius 3 is 0.878 bits per heavy atom. The third-order valence-electron chi connectivity index (χ3n) is 18.6. The molecule has 98 heavy (non-hydrogen) atoms. The van der Waals surface area contributed by atoms with E-state index < -0.39 is 26.5 Å². The van der Waals surface area contributed by atoms with Crippen molar-refractivity contribution in [2.75, 3.05) is 47.5 Å². The second-order valence-electron chi connectivity index (χ2n) is 29.5. The molecule has 0 aliphatic heterocycles. The highest BCUT2D eigenvalue weighted by Gasteiger charge is 2.27. The van der Waals surface area contributed by atoms with Crippen molar-refractivity contribution in [3.63, 3.8) is 0 Å². The first-order valence-corrected chi connectivity index (χ1v) is 43.5. The summed E-state index contributed by atoms with van der Waals surface area (Å²) in [5, 5.41) is 0. The summed E-state index contributed by atoms with van der Waals surface area (Å²) in [4.78, 5) is 36.0. The van der Waals surface area contributed by atoms with Crippen LogP contribution >= 0.6 is 7.82 Å². The van der Waals surface area contributed by atoms with Gasteiger partial charge in [-0.3, -0.25) is 18.6 Å². The summed E-state index contributed by atoms with van der Waals surface area (Å²) in [6, 6.07) is 0. The SMILES string of the molecule is CC/C=C\C/C=C\C/C=C\C/C=C\C/C=C\C/C=C\C/C=C\CCCCCCCCCCCCCC(=O)OC(COC(=O)CCCCCCCCCCCCCCCCCCCCCCCCCCCCCCC/C=C\CCCCCCCCCC)COP(=O)(O)OCC[N+](C)(C)C. The number of rotatable bonds is 78. The van der Waals surface area contributed by atoms with Gasteiger partial charge in [0.25, 0.3) is 0 Å². The molecule has 10 heteroatoms. The Kier molecular flexibility index (Phi) is 75.6. The quantitative estimate of drug-likeness (QED) is 0.0211. The lowest BCUT2D eigenvalue weighted by Gasteiger charge is -2.24. The summed E-state index contributed by atoms with van der Waals surface area (Å²) in [5.41, 5.74) is 0. The van der Waals surface area contributed by atoms with E-state index in [0.29, 0.717) is 17.4 Å². The van der Waals surface area contributed by atoms with Gasteiger partial charge >= 0.3 is 19.8 Å². The zero-order chi connectivity index (χ0) is 71.1. The normalized spacial score (nSPS) is 13.5. The monoisotopic (exact) mass is 1390 g/mol. The molecule has 0 rings (SSSR count). The first-order chi connectivity index (χ1) is 48.0. The number of hydrogen-bond donors (Lipinski definition) is 1. The number of esters is 2. The van der Waals surface area contributed by atoms with Crippen molar-refractivity contribution in [2.45, 2.75) is 405 Å². The van der Waals surface area contributed by atoms with E-state index in [1.165, 1.54) is 276 Å². The van der Waals surface area contributed by atoms with Crippen LogP contribution in [-0.4, -0.2) is 74.9 Å². The van der Waals surface area contributed by atoms with Crippen LogP contribution in [0.4, 0.5) is 0 Å². The fraction of sp³-hybridized carbons (Fsp3) is 0.795. The van der Waals surface area contributed by atoms with Crippen molar-refractivity contribution < 1.29 is 42.1 Å². The zero-order valence-electron chi connectivity index (χ0n) is 65.3. The van der Waals surface area contributed by atoms with Gasteiger partial charge in [0.2, 0.25) is 0 Å². The van der Waals surface area contributed by atoms with E-state index in [2.05, 4.69) is 111 Å². The molecule has 0 spiro atoms. The third kappa shape index (κ3) is 81.9. The maximum absolute atomic E-state index is 12.9. The second kappa shape index (κ2) is 78.1. The van der Waals surface area contributed by atoms with Gasteiger partial charge in [0.15, 0.2) is 6.10 Å². The van der Waals surface area contributed by atoms with Crippen LogP contribution in [0.1, 0.15) is 399 Å². The van der Waals surface area contributed by atoms with Gasteiger partial charge in [-0.05, 0) is 96.3 Å². The number of hydrogen-bond acceptors (Lipinski definition) is 7. The number of allylic oxidation sites excluding steroid dienone is 16. The van der Waals surface area contributed by atoms with E-state index in [4.69, 9.17) is 18.5 Å². The van der Waals surface area contributed by atoms with Crippen LogP contribution in [0.15, 0.2) is 97.2 Å². The number of phosphoric ester groups is 1. The highest BCUT2D eigenvalue weighted by atomic mass is 31.2. The maximum Gasteiger partial charge on any atom is 0.472 e. The number of carbonyl (C=O) groups is 2. The average Bonchev–Trinajstić information content (AvgIpc) is 1.08. The Morgan fingerprint density at radius 1 is 0.327 bits per heavy atom. The summed E-state index contributed by atoms with van der Waals surface area (Å²) >= 11 is 0. The van der Waals surface area contributed by atoms with Gasteiger partial charge in [-0.1, -0.05) is 387 Å². The maximum atomic E-state index is 12.9. The largest absolute Gasteiger partial charge is 0.472 e. The molecule has 0 heterocycles. The molecule has 0 fully saturated rings. The van der Waals surface area contributed by atoms with Crippen molar-refractivity contribution in [1.82, 2.24) is 0 Å². The summed E-state index contributed by atoms with van der Waals surface area (Å²) in [6.07, 6.45) is 110. The van der Waals surface area contributed by atoms with Gasteiger partial charge in [0.1, 0.15) is 19.8 Å². The summed E-state index contributed by atoms with van der Waals surface area (Å²) in [5.74, 6) is -0.787. The van der Waals surface area contributed by atoms with Crippen LogP contribution in [0.2, 0.25) is 0 Å². The molecule has 0 bridgehead atoms. The molecule has 2 unspecified atom stereocenters. The van der Waals surface area contributed by atoms with E-state index in [0.717, 1.165) is 89.9 Å². The first kappa shape index (κ1) is 94.9. The van der Waals surface area contributed by atoms with E-state index in [9.17, 15) is 19.0 Å². The Balaban J connectivity index is 3.91. The van der Waals surface area contributed by atoms with Gasteiger partial charge < -0.3 is 18.9 Å². The molecule has 0 radical (unpaired) electrons. The Labute approximate surface area is 608 Å². The topological polar surface area (TPSA) is 108 Å². The minimum atomic E-state index is -4.40. The number of ether oxygens (including phenoxy) is 2. The minimum Gasteiger partial charge on any atom is -0.462 e. The van der Waals surface area contributed by atoms with E-state index >= 15 is 0 Å². The van der Waals surface area contributed by atoms with Crippen LogP contribution in [0.3, 0.4) is 0 Å². The standard InChI is InChI=1S/C88H160NO8P/c1-6-8-10-12-14-16-18-20-22-24-26-28-30-32-34-36-38-40-41-42-43-44-45-46-47-49-50-52-54-56-58-60-62-64-66-68-70-72-74-76-78-80-87(90)94-84-86(85-96-98(92,93)95-83-82-89(3,4)5)97-88(91)81-79-77-75-73-71-69-67-65-63-61-59-57-55-53-51-48-39-37-35-33-31-29-27-25-23-21-19-17-15-13-11-9-7-2/h9,11,15,17,21,23-24,26-27,29,33,35,39,48,53,55,86H,6-8,10,12-14,16,18-20,22,25,28,30-32,34,36-38,40-47,49-52,54,56-85H2,1-5H3/p+1/b11-9-,17-15-,23-21-,26-24-,29-27-,35-33-,48-39-,55-53-. The third-order valence-corrected chi connectivity index (χ3v) is 19.6. The number of carbonyl (C=O) groups excluding carboxylic acids is 2. The zero-order valence-corrected chi connectivity index (χ0v) is 66.2. The summed E-state index contributed by atoms with van der Waals surface area (Å²) in [7, 11) is 1.48. The van der Waals surface area contributed by atoms with Crippen LogP contribution in [0, 0.1) is 0 Å². The molecular formula is C88H161NO8P+. The van der Waals surface area contributed by atoms with E-state index in [1.54, 1.807) is 0 Å². The molecule has 0 aromatic rings. The molecule has 0 saturated carbocycles. The fourth-order valence-electron chi connectivity index (χ4n) is 12.2. The summed E-state index contributed by atoms with van der Waals surface area (Å²) in [6.45, 7) is 4.37. The van der Waals surface area contributed by atoms with Crippen LogP contribution in [-0.2, 0) is 32.7 Å². The Morgan fingerprint density at radius 2 is 0.582 bits per heavy atom. The first-order valence-electron chi connectivity index (χ1n) is 42.0. The van der Waals surface area contributed by atoms with E-state index in [1.807, 2.05) is 21.1 Å². The molecule has 0 aliphatic carbocycles. The molecule has 2 atom stereocenters. The van der Waals surface area contributed by atoms with Crippen molar-refractivity contribution in [3.05, 3.63) is 97.2 Å². The van der Waals surface area contributed by atoms with Gasteiger partial charge in [-0.25, -0.2) is 4.57 Å². The Hall–Kier alpha value is -3.07. The molecule has 0 aromatic carbocycles. The second-order valence-corrected chi connectivity index (χ2v) is 30.9. The molecule has 9 nitrogen and oxygen atoms in total. The lowest BCUT2D eigenvalue weighted by Crippen LogP contribution is -2.37. The minimum absolute atomic E-state index is 0.0295. The number of unbranched alkanes of at least 4 members (excludes halogenated alkanes) is 48. The molecule has 570 valence electrons. The molecule has 0 amide bonds. The number of phosphoric acid groups is 1. The molecule has 0 saturated heterocycles. The number of quaternary nitrogens is 1. The van der Waals surface area contributed by atoms with Crippen molar-refractivity contribution in [2.24, 2.45) is 0 Å². The average molecular weight is 1390 g/mol. The molecular weight excluding hydrogens is 1230 g/mol.